The van der Waals surface area contributed by atoms with Crippen molar-refractivity contribution in [2.24, 2.45) is 0 Å². The Morgan fingerprint density at radius 2 is 2.17 bits per heavy atom. The fourth-order valence-electron chi connectivity index (χ4n) is 2.24. The number of ether oxygens (including phenoxy) is 1. The molecule has 0 unspecified atom stereocenters. The summed E-state index contributed by atoms with van der Waals surface area (Å²) in [6.45, 7) is 2.04. The Morgan fingerprint density at radius 1 is 1.39 bits per heavy atom. The number of hydrogen-bond donors (Lipinski definition) is 1. The molecule has 2 aromatic rings. The fraction of sp³-hybridized carbons (Fsp3) is 0.250. The van der Waals surface area contributed by atoms with Gasteiger partial charge in [0.25, 0.3) is 5.56 Å². The molecule has 0 saturated carbocycles. The number of esters is 1. The van der Waals surface area contributed by atoms with Gasteiger partial charge in [0.15, 0.2) is 0 Å². The Kier molecular flexibility index (Phi) is 4.96. The normalized spacial score (nSPS) is 9.87. The summed E-state index contributed by atoms with van der Waals surface area (Å²) < 4.78 is 6.29. The Morgan fingerprint density at radius 3 is 2.83 bits per heavy atom. The minimum Gasteiger partial charge on any atom is -0.462 e. The molecule has 23 heavy (non-hydrogen) atoms. The van der Waals surface area contributed by atoms with Gasteiger partial charge in [-0.05, 0) is 19.1 Å². The molecule has 7 heteroatoms. The second-order valence-corrected chi connectivity index (χ2v) is 4.55. The van der Waals surface area contributed by atoms with Crippen LogP contribution in [0, 0.1) is 22.7 Å². The van der Waals surface area contributed by atoms with Gasteiger partial charge in [-0.2, -0.15) is 10.5 Å². The molecule has 2 rings (SSSR count). The zero-order valence-electron chi connectivity index (χ0n) is 12.5. The Labute approximate surface area is 132 Å². The SMILES string of the molecule is CCOC(=O)c1c(NCCC#N)c(C#N)c(=O)n2ccccc12. The van der Waals surface area contributed by atoms with E-state index < -0.39 is 11.5 Å². The number of carbonyl (C=O) groups is 1. The van der Waals surface area contributed by atoms with Crippen molar-refractivity contribution < 1.29 is 9.53 Å². The third kappa shape index (κ3) is 2.99. The zero-order valence-corrected chi connectivity index (χ0v) is 12.5. The molecular formula is C16H14N4O3. The van der Waals surface area contributed by atoms with E-state index in [4.69, 9.17) is 10.00 Å². The lowest BCUT2D eigenvalue weighted by atomic mass is 10.1. The number of carbonyl (C=O) groups excluding carboxylic acids is 1. The number of hydrogen-bond acceptors (Lipinski definition) is 6. The molecule has 0 saturated heterocycles. The molecule has 0 fully saturated rings. The van der Waals surface area contributed by atoms with Crippen LogP contribution in [0.5, 0.6) is 0 Å². The Balaban J connectivity index is 2.80. The fourth-order valence-corrected chi connectivity index (χ4v) is 2.24. The van der Waals surface area contributed by atoms with E-state index >= 15 is 0 Å². The second kappa shape index (κ2) is 7.10. The van der Waals surface area contributed by atoms with E-state index in [1.807, 2.05) is 12.1 Å². The van der Waals surface area contributed by atoms with Gasteiger partial charge in [0.05, 0.1) is 30.3 Å². The average Bonchev–Trinajstić information content (AvgIpc) is 2.56. The smallest absolute Gasteiger partial charge is 0.342 e. The van der Waals surface area contributed by atoms with Crippen molar-refractivity contribution in [2.75, 3.05) is 18.5 Å². The number of pyridine rings is 2. The van der Waals surface area contributed by atoms with Crippen molar-refractivity contribution in [3.63, 3.8) is 0 Å². The van der Waals surface area contributed by atoms with Crippen LogP contribution >= 0.6 is 0 Å². The summed E-state index contributed by atoms with van der Waals surface area (Å²) in [5.41, 5.74) is -0.154. The van der Waals surface area contributed by atoms with Gasteiger partial charge >= 0.3 is 5.97 Å². The highest BCUT2D eigenvalue weighted by Gasteiger charge is 2.23. The van der Waals surface area contributed by atoms with Crippen molar-refractivity contribution in [1.29, 1.82) is 10.5 Å². The van der Waals surface area contributed by atoms with Crippen LogP contribution in [0.3, 0.4) is 0 Å². The first kappa shape index (κ1) is 16.1. The maximum atomic E-state index is 12.4. The van der Waals surface area contributed by atoms with Crippen LogP contribution in [0.4, 0.5) is 5.69 Å². The van der Waals surface area contributed by atoms with Crippen LogP contribution in [-0.4, -0.2) is 23.5 Å². The van der Waals surface area contributed by atoms with E-state index in [0.717, 1.165) is 0 Å². The molecule has 0 spiro atoms. The molecule has 0 aromatic carbocycles. The Hall–Kier alpha value is -3.32. The van der Waals surface area contributed by atoms with Gasteiger partial charge in [0, 0.05) is 12.7 Å². The molecule has 0 radical (unpaired) electrons. The summed E-state index contributed by atoms with van der Waals surface area (Å²) in [6.07, 6.45) is 1.65. The highest BCUT2D eigenvalue weighted by atomic mass is 16.5. The van der Waals surface area contributed by atoms with Gasteiger partial charge in [-0.25, -0.2) is 4.79 Å². The summed E-state index contributed by atoms with van der Waals surface area (Å²) in [4.78, 5) is 24.8. The molecule has 0 amide bonds. The summed E-state index contributed by atoms with van der Waals surface area (Å²) in [7, 11) is 0. The molecular weight excluding hydrogens is 296 g/mol. The third-order valence-corrected chi connectivity index (χ3v) is 3.18. The molecule has 116 valence electrons. The lowest BCUT2D eigenvalue weighted by Crippen LogP contribution is -2.24. The van der Waals surface area contributed by atoms with Crippen molar-refractivity contribution in [3.8, 4) is 12.1 Å². The summed E-state index contributed by atoms with van der Waals surface area (Å²) >= 11 is 0. The van der Waals surface area contributed by atoms with E-state index in [1.165, 1.54) is 10.6 Å². The number of nitrogens with zero attached hydrogens (tertiary/aromatic N) is 3. The lowest BCUT2D eigenvalue weighted by molar-refractivity contribution is 0.0529. The number of nitriles is 2. The molecule has 0 aliphatic heterocycles. The highest BCUT2D eigenvalue weighted by molar-refractivity contribution is 6.04. The molecule has 2 aromatic heterocycles. The molecule has 0 atom stereocenters. The first-order valence-electron chi connectivity index (χ1n) is 7.01. The highest BCUT2D eigenvalue weighted by Crippen LogP contribution is 2.24. The van der Waals surface area contributed by atoms with Gasteiger partial charge < -0.3 is 10.1 Å². The van der Waals surface area contributed by atoms with E-state index in [9.17, 15) is 14.9 Å². The Bertz CT molecular complexity index is 887. The van der Waals surface area contributed by atoms with Gasteiger partial charge in [-0.15, -0.1) is 0 Å². The minimum atomic E-state index is -0.632. The van der Waals surface area contributed by atoms with Crippen LogP contribution in [0.1, 0.15) is 29.3 Å². The maximum Gasteiger partial charge on any atom is 0.342 e. The number of rotatable bonds is 5. The third-order valence-electron chi connectivity index (χ3n) is 3.18. The van der Waals surface area contributed by atoms with Crippen LogP contribution in [0.15, 0.2) is 29.2 Å². The molecule has 7 nitrogen and oxygen atoms in total. The minimum absolute atomic E-state index is 0.109. The quantitative estimate of drug-likeness (QED) is 0.665. The van der Waals surface area contributed by atoms with Crippen molar-refractivity contribution in [1.82, 2.24) is 4.40 Å². The number of nitrogens with one attached hydrogen (secondary N) is 1. The van der Waals surface area contributed by atoms with Crippen molar-refractivity contribution >= 4 is 17.2 Å². The lowest BCUT2D eigenvalue weighted by Gasteiger charge is -2.15. The van der Waals surface area contributed by atoms with E-state index in [-0.39, 0.29) is 36.4 Å². The van der Waals surface area contributed by atoms with Gasteiger partial charge in [-0.3, -0.25) is 9.20 Å². The number of fused-ring (bicyclic) bond motifs is 1. The summed E-state index contributed by atoms with van der Waals surface area (Å²) in [5, 5.41) is 20.8. The molecule has 2 heterocycles. The van der Waals surface area contributed by atoms with Gasteiger partial charge in [0.2, 0.25) is 0 Å². The standard InChI is InChI=1S/C16H14N4O3/c1-2-23-16(22)13-12-6-3-4-9-20(12)15(21)11(10-18)14(13)19-8-5-7-17/h3-4,6,9,19H,2,5,8H2,1H3. The largest absolute Gasteiger partial charge is 0.462 e. The second-order valence-electron chi connectivity index (χ2n) is 4.55. The molecule has 1 N–H and O–H groups in total. The summed E-state index contributed by atoms with van der Waals surface area (Å²) in [5.74, 6) is -0.632. The molecule has 0 bridgehead atoms. The predicted octanol–water partition coefficient (Wildman–Crippen LogP) is 1.67. The van der Waals surface area contributed by atoms with E-state index in [1.54, 1.807) is 25.1 Å². The van der Waals surface area contributed by atoms with E-state index in [0.29, 0.717) is 5.52 Å². The van der Waals surface area contributed by atoms with Gasteiger partial charge in [-0.1, -0.05) is 6.07 Å². The average molecular weight is 310 g/mol. The first-order chi connectivity index (χ1) is 11.2. The van der Waals surface area contributed by atoms with Crippen LogP contribution in [-0.2, 0) is 4.74 Å². The van der Waals surface area contributed by atoms with Crippen molar-refractivity contribution in [3.05, 3.63) is 45.9 Å². The first-order valence-corrected chi connectivity index (χ1v) is 7.01. The van der Waals surface area contributed by atoms with E-state index in [2.05, 4.69) is 5.32 Å². The van der Waals surface area contributed by atoms with Crippen molar-refractivity contribution in [2.45, 2.75) is 13.3 Å². The number of aromatic nitrogens is 1. The van der Waals surface area contributed by atoms with Crippen LogP contribution in [0.25, 0.3) is 5.52 Å². The summed E-state index contributed by atoms with van der Waals surface area (Å²) in [6, 6.07) is 8.71. The monoisotopic (exact) mass is 310 g/mol. The zero-order chi connectivity index (χ0) is 16.8. The van der Waals surface area contributed by atoms with Gasteiger partial charge in [0.1, 0.15) is 17.2 Å². The molecule has 0 aliphatic carbocycles. The molecule has 0 aliphatic rings. The van der Waals surface area contributed by atoms with Crippen LogP contribution in [0.2, 0.25) is 0 Å². The number of anilines is 1. The maximum absolute atomic E-state index is 12.4. The predicted molar refractivity (Wildman–Crippen MR) is 83.1 cm³/mol. The van der Waals surface area contributed by atoms with Crippen LogP contribution < -0.4 is 10.9 Å². The topological polar surface area (TPSA) is 107 Å².